The van der Waals surface area contributed by atoms with E-state index in [2.05, 4.69) is 0 Å². The van der Waals surface area contributed by atoms with Crippen molar-refractivity contribution in [3.63, 3.8) is 0 Å². The van der Waals surface area contributed by atoms with E-state index in [1.54, 1.807) is 0 Å². The van der Waals surface area contributed by atoms with E-state index in [4.69, 9.17) is 9.84 Å². The van der Waals surface area contributed by atoms with Crippen LogP contribution in [-0.4, -0.2) is 34.5 Å². The maximum absolute atomic E-state index is 10.4. The molecule has 1 saturated heterocycles. The molecule has 0 amide bonds. The van der Waals surface area contributed by atoms with Gasteiger partial charge in [0.25, 0.3) is 0 Å². The third kappa shape index (κ3) is 1.32. The Morgan fingerprint density at radius 3 is 2.83 bits per heavy atom. The Balaban J connectivity index is 1.90. The van der Waals surface area contributed by atoms with Crippen LogP contribution < -0.4 is 0 Å². The largest absolute Gasteiger partial charge is 0.481 e. The molecule has 0 bridgehead atoms. The number of carboxylic acid groups (broad SMARTS) is 1. The van der Waals surface area contributed by atoms with Gasteiger partial charge < -0.3 is 14.9 Å². The summed E-state index contributed by atoms with van der Waals surface area (Å²) in [5.74, 6) is -0.651. The van der Waals surface area contributed by atoms with Crippen molar-refractivity contribution < 1.29 is 19.7 Å². The zero-order chi connectivity index (χ0) is 8.72. The predicted octanol–water partition coefficient (Wildman–Crippen LogP) is -0.000600. The molecule has 2 fully saturated rings. The minimum absolute atomic E-state index is 0.0184. The molecule has 4 unspecified atom stereocenters. The summed E-state index contributed by atoms with van der Waals surface area (Å²) in [6.45, 7) is 0. The van der Waals surface area contributed by atoms with Crippen molar-refractivity contribution in [2.24, 2.45) is 5.92 Å². The molecule has 4 heteroatoms. The van der Waals surface area contributed by atoms with Crippen molar-refractivity contribution in [3.05, 3.63) is 0 Å². The molecule has 1 heterocycles. The third-order valence-electron chi connectivity index (χ3n) is 2.68. The van der Waals surface area contributed by atoms with Crippen LogP contribution in [0.15, 0.2) is 0 Å². The maximum atomic E-state index is 10.4. The lowest BCUT2D eigenvalue weighted by molar-refractivity contribution is -0.138. The van der Waals surface area contributed by atoms with Crippen LogP contribution >= 0.6 is 0 Å². The summed E-state index contributed by atoms with van der Waals surface area (Å²) in [4.78, 5) is 10.4. The normalized spacial score (nSPS) is 45.1. The Hall–Kier alpha value is -0.610. The van der Waals surface area contributed by atoms with Crippen molar-refractivity contribution in [3.8, 4) is 0 Å². The van der Waals surface area contributed by atoms with Crippen LogP contribution in [0.5, 0.6) is 0 Å². The first-order valence-corrected chi connectivity index (χ1v) is 4.24. The monoisotopic (exact) mass is 172 g/mol. The number of aliphatic carboxylic acids is 1. The molecule has 0 aromatic carbocycles. The van der Waals surface area contributed by atoms with E-state index >= 15 is 0 Å². The summed E-state index contributed by atoms with van der Waals surface area (Å²) >= 11 is 0. The highest BCUT2D eigenvalue weighted by atomic mass is 16.6. The lowest BCUT2D eigenvalue weighted by Gasteiger charge is -2.19. The summed E-state index contributed by atoms with van der Waals surface area (Å²) in [7, 11) is 0. The second kappa shape index (κ2) is 2.71. The van der Waals surface area contributed by atoms with Crippen LogP contribution in [0.4, 0.5) is 0 Å². The van der Waals surface area contributed by atoms with Gasteiger partial charge in [-0.25, -0.2) is 0 Å². The second-order valence-corrected chi connectivity index (χ2v) is 3.57. The van der Waals surface area contributed by atoms with Gasteiger partial charge in [-0.05, 0) is 18.8 Å². The molecule has 0 radical (unpaired) electrons. The quantitative estimate of drug-likeness (QED) is 0.575. The van der Waals surface area contributed by atoms with Gasteiger partial charge in [-0.2, -0.15) is 0 Å². The van der Waals surface area contributed by atoms with Crippen molar-refractivity contribution in [2.75, 3.05) is 0 Å². The smallest absolute Gasteiger partial charge is 0.303 e. The van der Waals surface area contributed by atoms with Crippen LogP contribution in [0, 0.1) is 5.92 Å². The van der Waals surface area contributed by atoms with Gasteiger partial charge in [0.1, 0.15) is 6.10 Å². The molecule has 1 saturated carbocycles. The summed E-state index contributed by atoms with van der Waals surface area (Å²) < 4.78 is 5.19. The van der Waals surface area contributed by atoms with Crippen LogP contribution in [0.25, 0.3) is 0 Å². The van der Waals surface area contributed by atoms with Gasteiger partial charge in [0.05, 0.1) is 18.6 Å². The van der Waals surface area contributed by atoms with Crippen LogP contribution in [-0.2, 0) is 9.53 Å². The summed E-state index contributed by atoms with van der Waals surface area (Å²) in [5, 5.41) is 17.8. The Kier molecular flexibility index (Phi) is 1.81. The summed E-state index contributed by atoms with van der Waals surface area (Å²) in [6.07, 6.45) is 1.22. The summed E-state index contributed by atoms with van der Waals surface area (Å²) in [6, 6.07) is 0. The molecule has 0 aromatic rings. The molecule has 12 heavy (non-hydrogen) atoms. The first-order chi connectivity index (χ1) is 5.68. The highest BCUT2D eigenvalue weighted by molar-refractivity contribution is 5.67. The molecule has 1 aliphatic carbocycles. The zero-order valence-electron chi connectivity index (χ0n) is 6.64. The van der Waals surface area contributed by atoms with Crippen molar-refractivity contribution >= 4 is 5.97 Å². The molecule has 0 spiro atoms. The van der Waals surface area contributed by atoms with Crippen molar-refractivity contribution in [1.29, 1.82) is 0 Å². The predicted molar refractivity (Wildman–Crippen MR) is 39.6 cm³/mol. The molecule has 2 aliphatic rings. The molecule has 68 valence electrons. The Labute approximate surface area is 70.1 Å². The van der Waals surface area contributed by atoms with Gasteiger partial charge in [0.15, 0.2) is 0 Å². The van der Waals surface area contributed by atoms with Crippen LogP contribution in [0.1, 0.15) is 19.3 Å². The molecule has 4 atom stereocenters. The number of ether oxygens (including phenoxy) is 1. The topological polar surface area (TPSA) is 70.1 Å². The van der Waals surface area contributed by atoms with Crippen LogP contribution in [0.2, 0.25) is 0 Å². The van der Waals surface area contributed by atoms with Gasteiger partial charge in [0, 0.05) is 0 Å². The minimum Gasteiger partial charge on any atom is -0.481 e. The van der Waals surface area contributed by atoms with E-state index < -0.39 is 5.97 Å². The number of aliphatic hydroxyl groups excluding tert-OH is 1. The Bertz CT molecular complexity index is 203. The second-order valence-electron chi connectivity index (χ2n) is 3.57. The average molecular weight is 172 g/mol. The Morgan fingerprint density at radius 2 is 2.17 bits per heavy atom. The number of rotatable bonds is 2. The van der Waals surface area contributed by atoms with E-state index in [0.717, 1.165) is 6.42 Å². The van der Waals surface area contributed by atoms with Gasteiger partial charge in [-0.3, -0.25) is 4.79 Å². The first kappa shape index (κ1) is 8.01. The summed E-state index contributed by atoms with van der Waals surface area (Å²) in [5.41, 5.74) is 0. The highest BCUT2D eigenvalue weighted by Crippen LogP contribution is 2.42. The van der Waals surface area contributed by atoms with Crippen molar-refractivity contribution in [2.45, 2.75) is 37.6 Å². The number of hydrogen-bond donors (Lipinski definition) is 2. The van der Waals surface area contributed by atoms with Gasteiger partial charge in [-0.15, -0.1) is 0 Å². The zero-order valence-corrected chi connectivity index (χ0v) is 6.64. The lowest BCUT2D eigenvalue weighted by Crippen LogP contribution is -2.28. The SMILES string of the molecule is O=C(O)CC1CCC(O)C2OC12. The maximum Gasteiger partial charge on any atom is 0.303 e. The number of aliphatic hydroxyl groups is 1. The van der Waals surface area contributed by atoms with Gasteiger partial charge in [0.2, 0.25) is 0 Å². The third-order valence-corrected chi connectivity index (χ3v) is 2.68. The van der Waals surface area contributed by atoms with E-state index in [1.807, 2.05) is 0 Å². The highest BCUT2D eigenvalue weighted by Gasteiger charge is 2.52. The molecule has 0 aromatic heterocycles. The molecule has 4 nitrogen and oxygen atoms in total. The van der Waals surface area contributed by atoms with Gasteiger partial charge >= 0.3 is 5.97 Å². The van der Waals surface area contributed by atoms with Gasteiger partial charge in [-0.1, -0.05) is 0 Å². The van der Waals surface area contributed by atoms with E-state index in [9.17, 15) is 9.90 Å². The number of carbonyl (C=O) groups is 1. The molecule has 2 N–H and O–H groups in total. The molecule has 2 rings (SSSR count). The minimum atomic E-state index is -0.773. The molecular formula is C8H12O4. The lowest BCUT2D eigenvalue weighted by atomic mass is 9.85. The number of epoxide rings is 1. The van der Waals surface area contributed by atoms with Crippen molar-refractivity contribution in [1.82, 2.24) is 0 Å². The first-order valence-electron chi connectivity index (χ1n) is 4.24. The van der Waals surface area contributed by atoms with E-state index in [0.29, 0.717) is 6.42 Å². The fraction of sp³-hybridized carbons (Fsp3) is 0.875. The molecular weight excluding hydrogens is 160 g/mol. The fourth-order valence-electron chi connectivity index (χ4n) is 1.98. The van der Waals surface area contributed by atoms with Crippen LogP contribution in [0.3, 0.4) is 0 Å². The number of hydrogen-bond acceptors (Lipinski definition) is 3. The average Bonchev–Trinajstić information content (AvgIpc) is 2.73. The molecule has 1 aliphatic heterocycles. The number of fused-ring (bicyclic) bond motifs is 1. The van der Waals surface area contributed by atoms with E-state index in [-0.39, 0.29) is 30.7 Å². The number of carboxylic acids is 1. The fourth-order valence-corrected chi connectivity index (χ4v) is 1.98. The Morgan fingerprint density at radius 1 is 1.42 bits per heavy atom. The van der Waals surface area contributed by atoms with E-state index in [1.165, 1.54) is 0 Å². The standard InChI is InChI=1S/C8H12O4/c9-5-2-1-4(3-6(10)11)7-8(5)12-7/h4-5,7-9H,1-3H2,(H,10,11).